The maximum atomic E-state index is 9.13. The molecule has 0 saturated carbocycles. The first-order valence-corrected chi connectivity index (χ1v) is 5.42. The highest BCUT2D eigenvalue weighted by Gasteiger charge is 2.14. The second-order valence-corrected chi connectivity index (χ2v) is 3.91. The predicted molar refractivity (Wildman–Crippen MR) is 56.3 cm³/mol. The zero-order chi connectivity index (χ0) is 10.7. The van der Waals surface area contributed by atoms with E-state index in [1.54, 1.807) is 16.0 Å². The van der Waals surface area contributed by atoms with Crippen molar-refractivity contribution in [1.82, 2.24) is 15.0 Å². The van der Waals surface area contributed by atoms with Crippen LogP contribution in [0.3, 0.4) is 0 Å². The first-order valence-electron chi connectivity index (χ1n) is 4.54. The molecule has 2 rings (SSSR count). The molecule has 0 saturated heterocycles. The molecule has 2 N–H and O–H groups in total. The molecule has 0 aliphatic heterocycles. The molecule has 0 radical (unpaired) electrons. The van der Waals surface area contributed by atoms with Crippen LogP contribution < -0.4 is 0 Å². The van der Waals surface area contributed by atoms with Crippen LogP contribution in [0.15, 0.2) is 17.5 Å². The molecule has 0 amide bonds. The van der Waals surface area contributed by atoms with Gasteiger partial charge in [0.25, 0.3) is 0 Å². The third-order valence-corrected chi connectivity index (χ3v) is 2.90. The van der Waals surface area contributed by atoms with Crippen LogP contribution in [0.5, 0.6) is 0 Å². The largest absolute Gasteiger partial charge is 0.394 e. The number of aliphatic hydroxyl groups excluding tert-OH is 2. The molecule has 0 aromatic carbocycles. The first-order chi connectivity index (χ1) is 7.36. The van der Waals surface area contributed by atoms with E-state index in [1.165, 1.54) is 0 Å². The molecule has 6 heteroatoms. The number of thiophene rings is 1. The van der Waals surface area contributed by atoms with E-state index in [0.29, 0.717) is 12.2 Å². The topological polar surface area (TPSA) is 71.2 Å². The van der Waals surface area contributed by atoms with Gasteiger partial charge in [-0.25, -0.2) is 4.68 Å². The highest BCUT2D eigenvalue weighted by atomic mass is 32.1. The van der Waals surface area contributed by atoms with E-state index in [1.807, 2.05) is 17.5 Å². The van der Waals surface area contributed by atoms with Gasteiger partial charge in [0.05, 0.1) is 24.6 Å². The number of hydrogen-bond acceptors (Lipinski definition) is 5. The number of hydrogen-bond donors (Lipinski definition) is 2. The maximum Gasteiger partial charge on any atom is 0.117 e. The summed E-state index contributed by atoms with van der Waals surface area (Å²) < 4.78 is 1.61. The van der Waals surface area contributed by atoms with Gasteiger partial charge in [0.2, 0.25) is 0 Å². The Labute approximate surface area is 90.6 Å². The predicted octanol–water partition coefficient (Wildman–Crippen LogP) is 0.491. The van der Waals surface area contributed by atoms with Gasteiger partial charge in [-0.1, -0.05) is 11.3 Å². The quantitative estimate of drug-likeness (QED) is 0.794. The summed E-state index contributed by atoms with van der Waals surface area (Å²) >= 11 is 1.56. The summed E-state index contributed by atoms with van der Waals surface area (Å²) in [5.74, 6) is 0. The summed E-state index contributed by atoms with van der Waals surface area (Å²) in [5, 5.41) is 27.7. The molecule has 0 spiro atoms. The smallest absolute Gasteiger partial charge is 0.117 e. The second-order valence-electron chi connectivity index (χ2n) is 2.97. The van der Waals surface area contributed by atoms with Crippen molar-refractivity contribution in [2.75, 3.05) is 6.61 Å². The Balaban J connectivity index is 2.46. The molecule has 0 aliphatic carbocycles. The minimum Gasteiger partial charge on any atom is -0.394 e. The molecule has 5 nitrogen and oxygen atoms in total. The molecule has 2 aromatic rings. The molecule has 2 heterocycles. The van der Waals surface area contributed by atoms with Gasteiger partial charge in [-0.3, -0.25) is 0 Å². The van der Waals surface area contributed by atoms with Crippen molar-refractivity contribution in [2.45, 2.75) is 13.2 Å². The molecule has 15 heavy (non-hydrogen) atoms. The van der Waals surface area contributed by atoms with Gasteiger partial charge < -0.3 is 10.2 Å². The maximum absolute atomic E-state index is 9.13. The average molecular weight is 225 g/mol. The molecule has 80 valence electrons. The molecule has 0 bridgehead atoms. The normalized spacial score (nSPS) is 10.8. The van der Waals surface area contributed by atoms with E-state index in [4.69, 9.17) is 10.2 Å². The van der Waals surface area contributed by atoms with Crippen LogP contribution in [0, 0.1) is 0 Å². The van der Waals surface area contributed by atoms with Gasteiger partial charge in [-0.2, -0.15) is 0 Å². The lowest BCUT2D eigenvalue weighted by atomic mass is 10.3. The minimum atomic E-state index is -0.140. The Morgan fingerprint density at radius 2 is 2.27 bits per heavy atom. The lowest BCUT2D eigenvalue weighted by molar-refractivity contribution is 0.268. The first kappa shape index (κ1) is 10.3. The zero-order valence-corrected chi connectivity index (χ0v) is 8.81. The Bertz CT molecular complexity index is 425. The fourth-order valence-electron chi connectivity index (χ4n) is 1.39. The van der Waals surface area contributed by atoms with E-state index in [2.05, 4.69) is 10.3 Å². The van der Waals surface area contributed by atoms with Crippen LogP contribution >= 0.6 is 11.3 Å². The van der Waals surface area contributed by atoms with Crippen LogP contribution in [0.25, 0.3) is 10.6 Å². The monoisotopic (exact) mass is 225 g/mol. The van der Waals surface area contributed by atoms with E-state index < -0.39 is 0 Å². The highest BCUT2D eigenvalue weighted by Crippen LogP contribution is 2.26. The van der Waals surface area contributed by atoms with Gasteiger partial charge in [-0.05, 0) is 11.4 Å². The Hall–Kier alpha value is -1.24. The molecule has 0 atom stereocenters. The van der Waals surface area contributed by atoms with Crippen molar-refractivity contribution in [3.05, 3.63) is 23.2 Å². The fourth-order valence-corrected chi connectivity index (χ4v) is 2.19. The van der Waals surface area contributed by atoms with Gasteiger partial charge in [-0.15, -0.1) is 16.4 Å². The Kier molecular flexibility index (Phi) is 3.10. The van der Waals surface area contributed by atoms with Gasteiger partial charge in [0.15, 0.2) is 0 Å². The van der Waals surface area contributed by atoms with Crippen molar-refractivity contribution in [3.63, 3.8) is 0 Å². The van der Waals surface area contributed by atoms with Crippen LogP contribution in [-0.4, -0.2) is 31.8 Å². The van der Waals surface area contributed by atoms with Crippen LogP contribution in [0.1, 0.15) is 5.69 Å². The minimum absolute atomic E-state index is 0.00655. The van der Waals surface area contributed by atoms with Crippen molar-refractivity contribution in [1.29, 1.82) is 0 Å². The van der Waals surface area contributed by atoms with Crippen LogP contribution in [-0.2, 0) is 13.2 Å². The van der Waals surface area contributed by atoms with Crippen molar-refractivity contribution < 1.29 is 10.2 Å². The molecule has 0 aliphatic rings. The Morgan fingerprint density at radius 3 is 2.87 bits per heavy atom. The van der Waals surface area contributed by atoms with Crippen molar-refractivity contribution in [3.8, 4) is 10.6 Å². The highest BCUT2D eigenvalue weighted by molar-refractivity contribution is 7.13. The van der Waals surface area contributed by atoms with E-state index in [-0.39, 0.29) is 13.2 Å². The number of aromatic nitrogens is 3. The number of aliphatic hydroxyl groups is 2. The van der Waals surface area contributed by atoms with Gasteiger partial charge in [0.1, 0.15) is 11.4 Å². The Morgan fingerprint density at radius 1 is 1.40 bits per heavy atom. The lowest BCUT2D eigenvalue weighted by Gasteiger charge is -2.03. The fraction of sp³-hybridized carbons (Fsp3) is 0.333. The third-order valence-electron chi connectivity index (χ3n) is 2.02. The van der Waals surface area contributed by atoms with E-state index >= 15 is 0 Å². The average Bonchev–Trinajstić information content (AvgIpc) is 2.85. The molecular weight excluding hydrogens is 214 g/mol. The molecule has 2 aromatic heterocycles. The number of rotatable bonds is 4. The van der Waals surface area contributed by atoms with E-state index in [0.717, 1.165) is 10.6 Å². The third kappa shape index (κ3) is 1.92. The second kappa shape index (κ2) is 4.52. The molecule has 0 unspecified atom stereocenters. The zero-order valence-electron chi connectivity index (χ0n) is 8.00. The van der Waals surface area contributed by atoms with Crippen molar-refractivity contribution in [2.24, 2.45) is 0 Å². The lowest BCUT2D eigenvalue weighted by Crippen LogP contribution is -2.05. The SMILES string of the molecule is OCCn1nnc(CO)c1-c1cccs1. The summed E-state index contributed by atoms with van der Waals surface area (Å²) in [5.41, 5.74) is 1.34. The molecule has 0 fully saturated rings. The summed E-state index contributed by atoms with van der Waals surface area (Å²) in [4.78, 5) is 0.998. The van der Waals surface area contributed by atoms with Gasteiger partial charge in [0, 0.05) is 0 Å². The summed E-state index contributed by atoms with van der Waals surface area (Å²) in [6.45, 7) is 0.255. The standard InChI is InChI=1S/C9H11N3O2S/c13-4-3-12-9(7(6-14)10-11-12)8-2-1-5-15-8/h1-2,5,13-14H,3-4,6H2. The van der Waals surface area contributed by atoms with E-state index in [9.17, 15) is 0 Å². The van der Waals surface area contributed by atoms with Crippen LogP contribution in [0.4, 0.5) is 0 Å². The number of nitrogens with zero attached hydrogens (tertiary/aromatic N) is 3. The summed E-state index contributed by atoms with van der Waals surface area (Å²) in [7, 11) is 0. The summed E-state index contributed by atoms with van der Waals surface area (Å²) in [6, 6.07) is 3.87. The van der Waals surface area contributed by atoms with Crippen LogP contribution in [0.2, 0.25) is 0 Å². The summed E-state index contributed by atoms with van der Waals surface area (Å²) in [6.07, 6.45) is 0. The van der Waals surface area contributed by atoms with Crippen molar-refractivity contribution >= 4 is 11.3 Å². The molecular formula is C9H11N3O2S. The van der Waals surface area contributed by atoms with Gasteiger partial charge >= 0.3 is 0 Å².